The molecule has 1 aromatic heterocycles. The van der Waals surface area contributed by atoms with Gasteiger partial charge in [-0.3, -0.25) is 0 Å². The summed E-state index contributed by atoms with van der Waals surface area (Å²) in [5.41, 5.74) is 0.861. The topological polar surface area (TPSA) is 38.1 Å². The molecule has 1 aromatic carbocycles. The van der Waals surface area contributed by atoms with Crippen molar-refractivity contribution in [2.75, 3.05) is 0 Å². The van der Waals surface area contributed by atoms with Crippen LogP contribution in [0.1, 0.15) is 19.5 Å². The number of nitrogens with zero attached hydrogens (tertiary/aromatic N) is 2. The second kappa shape index (κ2) is 3.51. The molecule has 0 unspecified atom stereocenters. The molecule has 78 valence electrons. The summed E-state index contributed by atoms with van der Waals surface area (Å²) in [5.74, 6) is 0. The molecule has 2 aromatic rings. The Hall–Kier alpha value is -1.61. The zero-order chi connectivity index (χ0) is 10.9. The fourth-order valence-corrected chi connectivity index (χ4v) is 1.54. The number of rotatable bonds is 2. The maximum atomic E-state index is 9.96. The minimum atomic E-state index is -0.883. The van der Waals surface area contributed by atoms with E-state index in [1.807, 2.05) is 36.4 Å². The molecule has 0 saturated carbocycles. The van der Waals surface area contributed by atoms with E-state index in [-0.39, 0.29) is 0 Å². The number of hydrogen-bond donors (Lipinski definition) is 1. The van der Waals surface area contributed by atoms with Crippen molar-refractivity contribution in [3.8, 4) is 5.69 Å². The smallest absolute Gasteiger partial charge is 0.101 e. The van der Waals surface area contributed by atoms with Crippen LogP contribution in [0.5, 0.6) is 0 Å². The van der Waals surface area contributed by atoms with E-state index in [0.29, 0.717) is 0 Å². The highest BCUT2D eigenvalue weighted by molar-refractivity contribution is 5.33. The summed E-state index contributed by atoms with van der Waals surface area (Å²) in [6, 6.07) is 11.6. The lowest BCUT2D eigenvalue weighted by molar-refractivity contribution is 0.0711. The van der Waals surface area contributed by atoms with Gasteiger partial charge in [0.05, 0.1) is 11.4 Å². The molecule has 0 amide bonds. The fourth-order valence-electron chi connectivity index (χ4n) is 1.54. The van der Waals surface area contributed by atoms with Crippen molar-refractivity contribution in [3.05, 3.63) is 48.3 Å². The van der Waals surface area contributed by atoms with E-state index < -0.39 is 5.60 Å². The number of hydrogen-bond acceptors (Lipinski definition) is 2. The molecule has 1 N–H and O–H groups in total. The zero-order valence-electron chi connectivity index (χ0n) is 8.88. The summed E-state index contributed by atoms with van der Waals surface area (Å²) >= 11 is 0. The predicted octanol–water partition coefficient (Wildman–Crippen LogP) is 2.10. The van der Waals surface area contributed by atoms with Crippen LogP contribution in [0.25, 0.3) is 5.69 Å². The van der Waals surface area contributed by atoms with Crippen molar-refractivity contribution in [2.45, 2.75) is 19.4 Å². The number of benzene rings is 1. The van der Waals surface area contributed by atoms with E-state index in [1.54, 1.807) is 24.7 Å². The third-order valence-corrected chi connectivity index (χ3v) is 2.27. The molecule has 15 heavy (non-hydrogen) atoms. The molecule has 3 nitrogen and oxygen atoms in total. The predicted molar refractivity (Wildman–Crippen MR) is 58.8 cm³/mol. The van der Waals surface area contributed by atoms with Gasteiger partial charge >= 0.3 is 0 Å². The summed E-state index contributed by atoms with van der Waals surface area (Å²) in [5, 5.41) is 14.2. The summed E-state index contributed by atoms with van der Waals surface area (Å²) in [6.07, 6.45) is 1.69. The Labute approximate surface area is 89.0 Å². The Bertz CT molecular complexity index is 440. The summed E-state index contributed by atoms with van der Waals surface area (Å²) in [7, 11) is 0. The summed E-state index contributed by atoms with van der Waals surface area (Å²) in [6.45, 7) is 3.51. The molecule has 1 heterocycles. The Morgan fingerprint density at radius 2 is 1.80 bits per heavy atom. The fraction of sp³-hybridized carbons (Fsp3) is 0.250. The first-order valence-corrected chi connectivity index (χ1v) is 4.91. The Balaban J connectivity index is 2.51. The van der Waals surface area contributed by atoms with Gasteiger partial charge in [-0.15, -0.1) is 0 Å². The van der Waals surface area contributed by atoms with Gasteiger partial charge in [0, 0.05) is 6.20 Å². The van der Waals surface area contributed by atoms with Crippen molar-refractivity contribution >= 4 is 0 Å². The van der Waals surface area contributed by atoms with Crippen LogP contribution in [0.4, 0.5) is 0 Å². The van der Waals surface area contributed by atoms with Crippen LogP contribution in [0.2, 0.25) is 0 Å². The molecule has 0 spiro atoms. The molecule has 3 heteroatoms. The standard InChI is InChI=1S/C12H14N2O/c1-12(2,15)11-8-9-13-14(11)10-6-4-3-5-7-10/h3-9,15H,1-2H3. The maximum absolute atomic E-state index is 9.96. The molecular formula is C12H14N2O. The molecular weight excluding hydrogens is 188 g/mol. The van der Waals surface area contributed by atoms with Crippen molar-refractivity contribution in [2.24, 2.45) is 0 Å². The second-order valence-electron chi connectivity index (χ2n) is 4.02. The van der Waals surface area contributed by atoms with Gasteiger partial charge < -0.3 is 5.11 Å². The third kappa shape index (κ3) is 1.92. The molecule has 0 fully saturated rings. The second-order valence-corrected chi connectivity index (χ2v) is 4.02. The molecule has 0 bridgehead atoms. The van der Waals surface area contributed by atoms with Gasteiger partial charge in [-0.05, 0) is 32.0 Å². The van der Waals surface area contributed by atoms with Gasteiger partial charge in [-0.1, -0.05) is 18.2 Å². The maximum Gasteiger partial charge on any atom is 0.101 e. The van der Waals surface area contributed by atoms with E-state index in [2.05, 4.69) is 5.10 Å². The molecule has 0 atom stereocenters. The summed E-state index contributed by atoms with van der Waals surface area (Å²) in [4.78, 5) is 0. The minimum absolute atomic E-state index is 0.786. The van der Waals surface area contributed by atoms with Gasteiger partial charge in [-0.25, -0.2) is 4.68 Å². The molecule has 0 aliphatic rings. The van der Waals surface area contributed by atoms with Gasteiger partial charge in [0.25, 0.3) is 0 Å². The Morgan fingerprint density at radius 1 is 1.13 bits per heavy atom. The Morgan fingerprint density at radius 3 is 2.40 bits per heavy atom. The van der Waals surface area contributed by atoms with Gasteiger partial charge in [0.15, 0.2) is 0 Å². The van der Waals surface area contributed by atoms with Crippen LogP contribution in [0.3, 0.4) is 0 Å². The average Bonchev–Trinajstić information content (AvgIpc) is 2.67. The first-order valence-electron chi connectivity index (χ1n) is 4.91. The monoisotopic (exact) mass is 202 g/mol. The number of aliphatic hydroxyl groups is 1. The van der Waals surface area contributed by atoms with Crippen LogP contribution in [-0.2, 0) is 5.60 Å². The van der Waals surface area contributed by atoms with Gasteiger partial charge in [-0.2, -0.15) is 5.10 Å². The van der Waals surface area contributed by atoms with E-state index in [4.69, 9.17) is 0 Å². The van der Waals surface area contributed by atoms with Crippen LogP contribution in [0.15, 0.2) is 42.6 Å². The van der Waals surface area contributed by atoms with Crippen molar-refractivity contribution in [3.63, 3.8) is 0 Å². The molecule has 0 aliphatic carbocycles. The highest BCUT2D eigenvalue weighted by Gasteiger charge is 2.21. The highest BCUT2D eigenvalue weighted by atomic mass is 16.3. The molecule has 0 radical (unpaired) electrons. The molecule has 2 rings (SSSR count). The lowest BCUT2D eigenvalue weighted by atomic mass is 10.1. The third-order valence-electron chi connectivity index (χ3n) is 2.27. The average molecular weight is 202 g/mol. The van der Waals surface area contributed by atoms with Crippen LogP contribution < -0.4 is 0 Å². The Kier molecular flexibility index (Phi) is 2.32. The van der Waals surface area contributed by atoms with E-state index in [1.165, 1.54) is 0 Å². The minimum Gasteiger partial charge on any atom is -0.384 e. The van der Waals surface area contributed by atoms with E-state index in [0.717, 1.165) is 11.4 Å². The lowest BCUT2D eigenvalue weighted by Crippen LogP contribution is -2.20. The first-order chi connectivity index (χ1) is 7.09. The summed E-state index contributed by atoms with van der Waals surface area (Å²) < 4.78 is 1.75. The zero-order valence-corrected chi connectivity index (χ0v) is 8.88. The van der Waals surface area contributed by atoms with Gasteiger partial charge in [0.1, 0.15) is 5.60 Å². The first kappa shape index (κ1) is 9.93. The van der Waals surface area contributed by atoms with Crippen LogP contribution in [0, 0.1) is 0 Å². The van der Waals surface area contributed by atoms with E-state index >= 15 is 0 Å². The quantitative estimate of drug-likeness (QED) is 0.809. The van der Waals surface area contributed by atoms with Gasteiger partial charge in [0.2, 0.25) is 0 Å². The number of para-hydroxylation sites is 1. The van der Waals surface area contributed by atoms with Crippen LogP contribution in [-0.4, -0.2) is 14.9 Å². The van der Waals surface area contributed by atoms with Crippen molar-refractivity contribution in [1.82, 2.24) is 9.78 Å². The normalized spacial score (nSPS) is 11.7. The van der Waals surface area contributed by atoms with E-state index in [9.17, 15) is 5.11 Å². The largest absolute Gasteiger partial charge is 0.384 e. The molecule has 0 aliphatic heterocycles. The molecule has 0 saturated heterocycles. The van der Waals surface area contributed by atoms with Crippen molar-refractivity contribution < 1.29 is 5.11 Å². The lowest BCUT2D eigenvalue weighted by Gasteiger charge is -2.18. The van der Waals surface area contributed by atoms with Crippen LogP contribution >= 0.6 is 0 Å². The SMILES string of the molecule is CC(C)(O)c1ccnn1-c1ccccc1. The highest BCUT2D eigenvalue weighted by Crippen LogP contribution is 2.21. The van der Waals surface area contributed by atoms with Crippen molar-refractivity contribution in [1.29, 1.82) is 0 Å². The number of aromatic nitrogens is 2.